The van der Waals surface area contributed by atoms with Crippen molar-refractivity contribution < 1.29 is 23.7 Å². The van der Waals surface area contributed by atoms with Crippen LogP contribution >= 0.6 is 22.6 Å². The van der Waals surface area contributed by atoms with Crippen LogP contribution < -0.4 is 18.9 Å². The highest BCUT2D eigenvalue weighted by Gasteiger charge is 2.20. The van der Waals surface area contributed by atoms with Crippen molar-refractivity contribution in [1.29, 1.82) is 0 Å². The maximum absolute atomic E-state index is 12.9. The zero-order chi connectivity index (χ0) is 17.0. The first kappa shape index (κ1) is 17.4. The van der Waals surface area contributed by atoms with Crippen LogP contribution in [0.2, 0.25) is 0 Å². The van der Waals surface area contributed by atoms with E-state index in [0.29, 0.717) is 34.1 Å². The number of benzene rings is 2. The molecule has 2 rings (SSSR count). The van der Waals surface area contributed by atoms with Gasteiger partial charge in [-0.05, 0) is 52.9 Å². The van der Waals surface area contributed by atoms with Gasteiger partial charge in [0, 0.05) is 9.13 Å². The summed E-state index contributed by atoms with van der Waals surface area (Å²) in [5.41, 5.74) is 0.911. The fourth-order valence-corrected chi connectivity index (χ4v) is 2.72. The molecule has 0 fully saturated rings. The van der Waals surface area contributed by atoms with Crippen molar-refractivity contribution in [1.82, 2.24) is 0 Å². The van der Waals surface area contributed by atoms with Crippen molar-refractivity contribution in [3.8, 4) is 23.0 Å². The van der Waals surface area contributed by atoms with Gasteiger partial charge in [-0.3, -0.25) is 4.79 Å². The molecule has 0 saturated carbocycles. The number of carbonyl (C=O) groups is 1. The third-order valence-corrected chi connectivity index (χ3v) is 4.00. The molecule has 0 aliphatic carbocycles. The van der Waals surface area contributed by atoms with Crippen LogP contribution in [0.4, 0.5) is 0 Å². The molecule has 0 atom stereocenters. The van der Waals surface area contributed by atoms with Gasteiger partial charge in [-0.1, -0.05) is 0 Å². The van der Waals surface area contributed by atoms with E-state index in [1.807, 2.05) is 6.07 Å². The Hall–Kier alpha value is -1.96. The minimum atomic E-state index is -0.181. The van der Waals surface area contributed by atoms with Crippen LogP contribution in [0.3, 0.4) is 0 Å². The first-order valence-electron chi connectivity index (χ1n) is 6.74. The number of hydrogen-bond acceptors (Lipinski definition) is 5. The molecule has 0 amide bonds. The van der Waals surface area contributed by atoms with E-state index >= 15 is 0 Å². The first-order chi connectivity index (χ1) is 11.0. The van der Waals surface area contributed by atoms with Gasteiger partial charge in [-0.2, -0.15) is 0 Å². The first-order valence-corrected chi connectivity index (χ1v) is 7.81. The Bertz CT molecular complexity index is 702. The number of methoxy groups -OCH3 is 4. The second kappa shape index (κ2) is 7.54. The van der Waals surface area contributed by atoms with Crippen molar-refractivity contribution in [2.75, 3.05) is 28.4 Å². The lowest BCUT2D eigenvalue weighted by Gasteiger charge is -2.14. The van der Waals surface area contributed by atoms with Gasteiger partial charge < -0.3 is 18.9 Å². The van der Waals surface area contributed by atoms with Crippen molar-refractivity contribution in [3.05, 3.63) is 45.0 Å². The summed E-state index contributed by atoms with van der Waals surface area (Å²) in [6.45, 7) is 0. The third kappa shape index (κ3) is 3.52. The Balaban J connectivity index is 2.58. The predicted molar refractivity (Wildman–Crippen MR) is 95.2 cm³/mol. The Morgan fingerprint density at radius 2 is 1.39 bits per heavy atom. The smallest absolute Gasteiger partial charge is 0.203 e. The number of hydrogen-bond donors (Lipinski definition) is 0. The van der Waals surface area contributed by atoms with Crippen molar-refractivity contribution >= 4 is 28.4 Å². The molecule has 2 aromatic carbocycles. The van der Waals surface area contributed by atoms with Gasteiger partial charge in [-0.25, -0.2) is 0 Å². The predicted octanol–water partition coefficient (Wildman–Crippen LogP) is 3.56. The van der Waals surface area contributed by atoms with Gasteiger partial charge in [0.1, 0.15) is 5.75 Å². The summed E-state index contributed by atoms with van der Waals surface area (Å²) in [5.74, 6) is 1.64. The molecule has 122 valence electrons. The highest BCUT2D eigenvalue weighted by atomic mass is 127. The fraction of sp³-hybridized carbons (Fsp3) is 0.235. The van der Waals surface area contributed by atoms with Gasteiger partial charge in [-0.15, -0.1) is 0 Å². The lowest BCUT2D eigenvalue weighted by Crippen LogP contribution is -2.06. The van der Waals surface area contributed by atoms with Crippen molar-refractivity contribution in [2.45, 2.75) is 0 Å². The van der Waals surface area contributed by atoms with Crippen LogP contribution in [-0.2, 0) is 0 Å². The molecule has 23 heavy (non-hydrogen) atoms. The molecule has 0 radical (unpaired) electrons. The van der Waals surface area contributed by atoms with E-state index in [-0.39, 0.29) is 5.78 Å². The molecule has 0 spiro atoms. The molecule has 0 aliphatic rings. The molecule has 0 saturated heterocycles. The topological polar surface area (TPSA) is 54.0 Å². The molecule has 0 N–H and O–H groups in total. The van der Waals surface area contributed by atoms with E-state index in [1.165, 1.54) is 28.4 Å². The van der Waals surface area contributed by atoms with Crippen LogP contribution in [0.1, 0.15) is 15.9 Å². The van der Waals surface area contributed by atoms with Gasteiger partial charge >= 0.3 is 0 Å². The summed E-state index contributed by atoms with van der Waals surface area (Å²) in [6.07, 6.45) is 0. The van der Waals surface area contributed by atoms with Crippen LogP contribution in [0.5, 0.6) is 23.0 Å². The monoisotopic (exact) mass is 428 g/mol. The molecule has 2 aromatic rings. The largest absolute Gasteiger partial charge is 0.496 e. The minimum absolute atomic E-state index is 0.181. The second-order valence-electron chi connectivity index (χ2n) is 4.59. The second-order valence-corrected chi connectivity index (χ2v) is 5.83. The van der Waals surface area contributed by atoms with E-state index in [1.54, 1.807) is 24.3 Å². The Kier molecular flexibility index (Phi) is 5.70. The SMILES string of the molecule is COc1ccc(I)cc1C(=O)c1cc(OC)c(OC)c(OC)c1. The van der Waals surface area contributed by atoms with Crippen LogP contribution in [0, 0.1) is 3.57 Å². The molecule has 5 nitrogen and oxygen atoms in total. The van der Waals surface area contributed by atoms with E-state index in [4.69, 9.17) is 18.9 Å². The molecule has 0 aliphatic heterocycles. The lowest BCUT2D eigenvalue weighted by atomic mass is 10.0. The summed E-state index contributed by atoms with van der Waals surface area (Å²) in [7, 11) is 6.08. The minimum Gasteiger partial charge on any atom is -0.496 e. The maximum Gasteiger partial charge on any atom is 0.203 e. The highest BCUT2D eigenvalue weighted by molar-refractivity contribution is 14.1. The molecule has 0 unspecified atom stereocenters. The van der Waals surface area contributed by atoms with Gasteiger partial charge in [0.05, 0.1) is 34.0 Å². The van der Waals surface area contributed by atoms with Crippen LogP contribution in [0.25, 0.3) is 0 Å². The van der Waals surface area contributed by atoms with Gasteiger partial charge in [0.25, 0.3) is 0 Å². The summed E-state index contributed by atoms with van der Waals surface area (Å²) < 4.78 is 22.1. The average molecular weight is 428 g/mol. The Morgan fingerprint density at radius 3 is 1.87 bits per heavy atom. The zero-order valence-corrected chi connectivity index (χ0v) is 15.5. The average Bonchev–Trinajstić information content (AvgIpc) is 2.59. The number of ketones is 1. The molecular formula is C17H17IO5. The molecule has 6 heteroatoms. The summed E-state index contributed by atoms with van der Waals surface area (Å²) in [5, 5.41) is 0. The molecule has 0 heterocycles. The fourth-order valence-electron chi connectivity index (χ4n) is 2.23. The number of halogens is 1. The highest BCUT2D eigenvalue weighted by Crippen LogP contribution is 2.39. The van der Waals surface area contributed by atoms with Gasteiger partial charge in [0.15, 0.2) is 17.3 Å². The van der Waals surface area contributed by atoms with E-state index in [2.05, 4.69) is 22.6 Å². The molecular weight excluding hydrogens is 411 g/mol. The summed E-state index contributed by atoms with van der Waals surface area (Å²) >= 11 is 2.15. The standard InChI is InChI=1S/C17H17IO5/c1-20-13-6-5-11(18)9-12(13)16(19)10-7-14(21-2)17(23-4)15(8-10)22-3/h5-9H,1-4H3. The van der Waals surface area contributed by atoms with Crippen molar-refractivity contribution in [3.63, 3.8) is 0 Å². The zero-order valence-electron chi connectivity index (χ0n) is 13.3. The maximum atomic E-state index is 12.9. The number of ether oxygens (including phenoxy) is 4. The van der Waals surface area contributed by atoms with Gasteiger partial charge in [0.2, 0.25) is 5.75 Å². The quantitative estimate of drug-likeness (QED) is 0.521. The summed E-state index contributed by atoms with van der Waals surface area (Å²) in [4.78, 5) is 12.9. The Labute approximate surface area is 148 Å². The third-order valence-electron chi connectivity index (χ3n) is 3.33. The van der Waals surface area contributed by atoms with E-state index in [9.17, 15) is 4.79 Å². The molecule has 0 aromatic heterocycles. The summed E-state index contributed by atoms with van der Waals surface area (Å²) in [6, 6.07) is 8.69. The normalized spacial score (nSPS) is 10.1. The number of rotatable bonds is 6. The molecule has 0 bridgehead atoms. The van der Waals surface area contributed by atoms with Crippen molar-refractivity contribution in [2.24, 2.45) is 0 Å². The van der Waals surface area contributed by atoms with E-state index < -0.39 is 0 Å². The van der Waals surface area contributed by atoms with Crippen LogP contribution in [-0.4, -0.2) is 34.2 Å². The Morgan fingerprint density at radius 1 is 0.826 bits per heavy atom. The van der Waals surface area contributed by atoms with Crippen LogP contribution in [0.15, 0.2) is 30.3 Å². The van der Waals surface area contributed by atoms with E-state index in [0.717, 1.165) is 3.57 Å². The lowest BCUT2D eigenvalue weighted by molar-refractivity contribution is 0.103. The number of carbonyl (C=O) groups excluding carboxylic acids is 1.